The lowest BCUT2D eigenvalue weighted by Crippen LogP contribution is -2.01. The molecule has 4 heteroatoms. The first-order chi connectivity index (χ1) is 30.8. The summed E-state index contributed by atoms with van der Waals surface area (Å²) in [6.07, 6.45) is 0. The number of hydrogen-bond donors (Lipinski definition) is 0. The van der Waals surface area contributed by atoms with E-state index in [0.29, 0.717) is 5.82 Å². The van der Waals surface area contributed by atoms with E-state index in [9.17, 15) is 0 Å². The van der Waals surface area contributed by atoms with E-state index < -0.39 is 0 Å². The number of nitrogens with zero attached hydrogens (tertiary/aromatic N) is 4. The molecule has 0 aliphatic heterocycles. The summed E-state index contributed by atoms with van der Waals surface area (Å²) in [5, 5.41) is 4.86. The van der Waals surface area contributed by atoms with Crippen LogP contribution in [0.25, 0.3) is 111 Å². The van der Waals surface area contributed by atoms with Gasteiger partial charge in [-0.2, -0.15) is 0 Å². The van der Waals surface area contributed by atoms with Crippen molar-refractivity contribution in [3.05, 3.63) is 231 Å². The second kappa shape index (κ2) is 14.7. The molecule has 9 aromatic carbocycles. The Balaban J connectivity index is 1.10. The molecular weight excluding hydrogens is 753 g/mol. The molecule has 0 atom stereocenters. The van der Waals surface area contributed by atoms with Crippen molar-refractivity contribution in [2.24, 2.45) is 0 Å². The molecule has 0 aliphatic rings. The Morgan fingerprint density at radius 2 is 0.839 bits per heavy atom. The number of rotatable bonds is 7. The minimum atomic E-state index is 0.663. The van der Waals surface area contributed by atoms with Gasteiger partial charge in [0.1, 0.15) is 0 Å². The van der Waals surface area contributed by atoms with Gasteiger partial charge >= 0.3 is 0 Å². The topological polar surface area (TPSA) is 35.6 Å². The minimum absolute atomic E-state index is 0.663. The molecule has 3 heterocycles. The summed E-state index contributed by atoms with van der Waals surface area (Å²) in [6, 6.07) is 82.0. The number of fused-ring (bicyclic) bond motifs is 7. The van der Waals surface area contributed by atoms with E-state index in [1.807, 2.05) is 0 Å². The molecule has 0 N–H and O–H groups in total. The Morgan fingerprint density at radius 3 is 1.58 bits per heavy atom. The largest absolute Gasteiger partial charge is 0.309 e. The molecule has 12 aromatic rings. The molecule has 62 heavy (non-hydrogen) atoms. The highest BCUT2D eigenvalue weighted by atomic mass is 15.0. The average molecular weight is 791 g/mol. The van der Waals surface area contributed by atoms with Gasteiger partial charge in [0, 0.05) is 43.9 Å². The van der Waals surface area contributed by atoms with Crippen molar-refractivity contribution in [1.29, 1.82) is 0 Å². The van der Waals surface area contributed by atoms with Gasteiger partial charge < -0.3 is 9.13 Å². The van der Waals surface area contributed by atoms with E-state index in [2.05, 4.69) is 240 Å². The summed E-state index contributed by atoms with van der Waals surface area (Å²) in [5.74, 6) is 0.663. The lowest BCUT2D eigenvalue weighted by molar-refractivity contribution is 1.14. The van der Waals surface area contributed by atoms with Crippen LogP contribution in [0.15, 0.2) is 231 Å². The van der Waals surface area contributed by atoms with Gasteiger partial charge in [-0.3, -0.25) is 0 Å². The van der Waals surface area contributed by atoms with Crippen molar-refractivity contribution < 1.29 is 0 Å². The third kappa shape index (κ3) is 5.92. The van der Waals surface area contributed by atoms with Crippen molar-refractivity contribution in [3.63, 3.8) is 0 Å². The van der Waals surface area contributed by atoms with Crippen molar-refractivity contribution in [1.82, 2.24) is 19.1 Å². The molecule has 0 spiro atoms. The van der Waals surface area contributed by atoms with E-state index in [1.54, 1.807) is 0 Å². The van der Waals surface area contributed by atoms with Crippen LogP contribution in [0.3, 0.4) is 0 Å². The fraction of sp³-hybridized carbons (Fsp3) is 0. The average Bonchev–Trinajstić information content (AvgIpc) is 3.88. The third-order valence-electron chi connectivity index (χ3n) is 12.1. The van der Waals surface area contributed by atoms with Gasteiger partial charge in [0.25, 0.3) is 0 Å². The Labute approximate surface area is 359 Å². The zero-order valence-corrected chi connectivity index (χ0v) is 33.7. The molecule has 0 amide bonds. The van der Waals surface area contributed by atoms with Gasteiger partial charge in [-0.25, -0.2) is 9.97 Å². The second-order valence-corrected chi connectivity index (χ2v) is 15.8. The molecule has 12 rings (SSSR count). The molecular formula is C58H38N4. The van der Waals surface area contributed by atoms with Crippen molar-refractivity contribution in [2.75, 3.05) is 0 Å². The van der Waals surface area contributed by atoms with Gasteiger partial charge in [0.15, 0.2) is 5.82 Å². The van der Waals surface area contributed by atoms with E-state index in [-0.39, 0.29) is 0 Å². The standard InChI is InChI=1S/C58H38N4/c1-4-17-39(18-5-1)41-31-33-42(34-32-41)50-38-51(44-22-16-21-43(37-44)40-19-6-2-7-20-40)60-58(59-50)49-27-12-15-30-54(49)62-53-29-14-11-26-48(53)56-55(62)36-35-47-46-25-10-13-28-52(46)61(57(47)56)45-23-8-3-9-24-45/h1-38H. The Bertz CT molecular complexity index is 3600. The maximum Gasteiger partial charge on any atom is 0.162 e. The normalized spacial score (nSPS) is 11.5. The highest BCUT2D eigenvalue weighted by Crippen LogP contribution is 2.43. The van der Waals surface area contributed by atoms with Crippen LogP contribution in [-0.2, 0) is 0 Å². The Morgan fingerprint density at radius 1 is 0.306 bits per heavy atom. The van der Waals surface area contributed by atoms with Gasteiger partial charge in [-0.05, 0) is 76.9 Å². The van der Waals surface area contributed by atoms with E-state index in [4.69, 9.17) is 9.97 Å². The smallest absolute Gasteiger partial charge is 0.162 e. The molecule has 3 aromatic heterocycles. The fourth-order valence-electron chi connectivity index (χ4n) is 9.29. The molecule has 0 saturated heterocycles. The zero-order chi connectivity index (χ0) is 41.0. The number of para-hydroxylation sites is 4. The van der Waals surface area contributed by atoms with Crippen molar-refractivity contribution in [3.8, 4) is 67.5 Å². The maximum atomic E-state index is 5.43. The number of hydrogen-bond acceptors (Lipinski definition) is 2. The molecule has 0 radical (unpaired) electrons. The van der Waals surface area contributed by atoms with Crippen LogP contribution in [0.4, 0.5) is 0 Å². The van der Waals surface area contributed by atoms with Crippen LogP contribution in [0.5, 0.6) is 0 Å². The van der Waals surface area contributed by atoms with Crippen molar-refractivity contribution >= 4 is 43.6 Å². The summed E-state index contributed by atoms with van der Waals surface area (Å²) in [7, 11) is 0. The van der Waals surface area contributed by atoms with Crippen LogP contribution < -0.4 is 0 Å². The summed E-state index contributed by atoms with van der Waals surface area (Å²) < 4.78 is 4.84. The molecule has 0 saturated carbocycles. The zero-order valence-electron chi connectivity index (χ0n) is 33.7. The van der Waals surface area contributed by atoms with Crippen LogP contribution >= 0.6 is 0 Å². The highest BCUT2D eigenvalue weighted by Gasteiger charge is 2.23. The SMILES string of the molecule is c1ccc(-c2ccc(-c3cc(-c4cccc(-c5ccccc5)c4)nc(-c4ccccc4-n4c5ccccc5c5c4ccc4c6ccccc6n(-c6ccccc6)c45)n3)cc2)cc1. The predicted molar refractivity (Wildman–Crippen MR) is 258 cm³/mol. The molecule has 0 bridgehead atoms. The fourth-order valence-corrected chi connectivity index (χ4v) is 9.29. The molecule has 290 valence electrons. The summed E-state index contributed by atoms with van der Waals surface area (Å²) in [4.78, 5) is 10.9. The van der Waals surface area contributed by atoms with Crippen LogP contribution in [0.2, 0.25) is 0 Å². The maximum absolute atomic E-state index is 5.43. The van der Waals surface area contributed by atoms with Crippen molar-refractivity contribution in [2.45, 2.75) is 0 Å². The molecule has 0 unspecified atom stereocenters. The monoisotopic (exact) mass is 790 g/mol. The van der Waals surface area contributed by atoms with E-state index in [0.717, 1.165) is 67.2 Å². The molecule has 4 nitrogen and oxygen atoms in total. The quantitative estimate of drug-likeness (QED) is 0.161. The van der Waals surface area contributed by atoms with Crippen LogP contribution in [-0.4, -0.2) is 19.1 Å². The lowest BCUT2D eigenvalue weighted by atomic mass is 9.99. The first-order valence-electron chi connectivity index (χ1n) is 21.1. The first-order valence-corrected chi connectivity index (χ1v) is 21.1. The second-order valence-electron chi connectivity index (χ2n) is 15.8. The summed E-state index contributed by atoms with van der Waals surface area (Å²) in [6.45, 7) is 0. The van der Waals surface area contributed by atoms with Crippen LogP contribution in [0.1, 0.15) is 0 Å². The Hall–Kier alpha value is -8.34. The third-order valence-corrected chi connectivity index (χ3v) is 12.1. The summed E-state index contributed by atoms with van der Waals surface area (Å²) in [5.41, 5.74) is 16.1. The van der Waals surface area contributed by atoms with Gasteiger partial charge in [0.2, 0.25) is 0 Å². The van der Waals surface area contributed by atoms with E-state index >= 15 is 0 Å². The summed E-state index contributed by atoms with van der Waals surface area (Å²) >= 11 is 0. The molecule has 0 fully saturated rings. The number of benzene rings is 9. The van der Waals surface area contributed by atoms with Gasteiger partial charge in [0.05, 0.1) is 39.1 Å². The van der Waals surface area contributed by atoms with Crippen LogP contribution in [0, 0.1) is 0 Å². The number of aromatic nitrogens is 4. The molecule has 0 aliphatic carbocycles. The minimum Gasteiger partial charge on any atom is -0.309 e. The highest BCUT2D eigenvalue weighted by molar-refractivity contribution is 6.26. The first kappa shape index (κ1) is 35.6. The van der Waals surface area contributed by atoms with Gasteiger partial charge in [-0.1, -0.05) is 176 Å². The lowest BCUT2D eigenvalue weighted by Gasteiger charge is -2.15. The van der Waals surface area contributed by atoms with Gasteiger partial charge in [-0.15, -0.1) is 0 Å². The Kier molecular flexibility index (Phi) is 8.46. The van der Waals surface area contributed by atoms with E-state index in [1.165, 1.54) is 38.1 Å². The predicted octanol–water partition coefficient (Wildman–Crippen LogP) is 15.0.